The number of esters is 1. The zero-order valence-electron chi connectivity index (χ0n) is 8.69. The molecule has 1 aromatic heterocycles. The SMILES string of the molecule is COC(=O)c1ccc(-c2nsc(=O)[nH]2)cc1F. The molecule has 1 heterocycles. The van der Waals surface area contributed by atoms with Crippen molar-refractivity contribution in [2.75, 3.05) is 7.11 Å². The molecule has 0 fully saturated rings. The van der Waals surface area contributed by atoms with Crippen LogP contribution in [-0.2, 0) is 4.74 Å². The second kappa shape index (κ2) is 4.46. The van der Waals surface area contributed by atoms with Gasteiger partial charge in [0, 0.05) is 17.1 Å². The van der Waals surface area contributed by atoms with E-state index in [2.05, 4.69) is 14.1 Å². The maximum atomic E-state index is 13.6. The number of benzene rings is 1. The molecule has 2 aromatic rings. The molecule has 17 heavy (non-hydrogen) atoms. The van der Waals surface area contributed by atoms with Crippen molar-refractivity contribution in [3.05, 3.63) is 39.2 Å². The standard InChI is InChI=1S/C10H7FN2O3S/c1-16-9(14)6-3-2-5(4-7(6)11)8-12-10(15)17-13-8/h2-4H,1H3,(H,12,13,15). The van der Waals surface area contributed by atoms with Crippen molar-refractivity contribution < 1.29 is 13.9 Å². The van der Waals surface area contributed by atoms with Gasteiger partial charge in [-0.3, -0.25) is 9.78 Å². The molecule has 5 nitrogen and oxygen atoms in total. The molecule has 0 atom stereocenters. The van der Waals surface area contributed by atoms with E-state index in [0.717, 1.165) is 17.6 Å². The summed E-state index contributed by atoms with van der Waals surface area (Å²) in [6, 6.07) is 3.89. The Morgan fingerprint density at radius 2 is 2.29 bits per heavy atom. The van der Waals surface area contributed by atoms with Crippen molar-refractivity contribution >= 4 is 17.5 Å². The lowest BCUT2D eigenvalue weighted by atomic mass is 10.1. The van der Waals surface area contributed by atoms with Crippen LogP contribution in [0.5, 0.6) is 0 Å². The summed E-state index contributed by atoms with van der Waals surface area (Å²) in [6.07, 6.45) is 0. The van der Waals surface area contributed by atoms with E-state index in [1.807, 2.05) is 0 Å². The number of carbonyl (C=O) groups excluding carboxylic acids is 1. The molecule has 0 amide bonds. The smallest absolute Gasteiger partial charge is 0.340 e. The van der Waals surface area contributed by atoms with Gasteiger partial charge in [0.1, 0.15) is 5.82 Å². The largest absolute Gasteiger partial charge is 0.465 e. The van der Waals surface area contributed by atoms with Gasteiger partial charge in [0.15, 0.2) is 5.82 Å². The van der Waals surface area contributed by atoms with E-state index in [1.165, 1.54) is 19.2 Å². The zero-order chi connectivity index (χ0) is 12.4. The molecule has 0 saturated carbocycles. The number of rotatable bonds is 2. The molecule has 2 rings (SSSR count). The first-order valence-electron chi connectivity index (χ1n) is 4.56. The van der Waals surface area contributed by atoms with Crippen LogP contribution in [0.1, 0.15) is 10.4 Å². The second-order valence-electron chi connectivity index (χ2n) is 3.13. The van der Waals surface area contributed by atoms with Gasteiger partial charge in [0.25, 0.3) is 0 Å². The van der Waals surface area contributed by atoms with Gasteiger partial charge in [-0.25, -0.2) is 9.18 Å². The molecule has 1 aromatic carbocycles. The van der Waals surface area contributed by atoms with Gasteiger partial charge < -0.3 is 4.74 Å². The number of hydrogen-bond donors (Lipinski definition) is 1. The predicted octanol–water partition coefficient (Wildman–Crippen LogP) is 1.42. The maximum absolute atomic E-state index is 13.6. The Morgan fingerprint density at radius 3 is 2.82 bits per heavy atom. The first kappa shape index (κ1) is 11.5. The Hall–Kier alpha value is -2.02. The first-order chi connectivity index (χ1) is 8.11. The van der Waals surface area contributed by atoms with Crippen molar-refractivity contribution in [3.63, 3.8) is 0 Å². The average Bonchev–Trinajstić information content (AvgIpc) is 2.75. The molecular formula is C10H7FN2O3S. The number of carbonyl (C=O) groups is 1. The lowest BCUT2D eigenvalue weighted by Crippen LogP contribution is -2.04. The Morgan fingerprint density at radius 1 is 1.53 bits per heavy atom. The number of hydrogen-bond acceptors (Lipinski definition) is 5. The fourth-order valence-corrected chi connectivity index (χ4v) is 1.76. The molecule has 0 saturated heterocycles. The Bertz CT molecular complexity index is 620. The van der Waals surface area contributed by atoms with E-state index >= 15 is 0 Å². The molecule has 0 radical (unpaired) electrons. The molecular weight excluding hydrogens is 247 g/mol. The number of nitrogens with zero attached hydrogens (tertiary/aromatic N) is 1. The van der Waals surface area contributed by atoms with Crippen molar-refractivity contribution in [3.8, 4) is 11.4 Å². The van der Waals surface area contributed by atoms with Crippen LogP contribution in [0.25, 0.3) is 11.4 Å². The lowest BCUT2D eigenvalue weighted by molar-refractivity contribution is 0.0595. The van der Waals surface area contributed by atoms with Gasteiger partial charge in [-0.05, 0) is 12.1 Å². The van der Waals surface area contributed by atoms with Gasteiger partial charge in [-0.15, -0.1) is 0 Å². The summed E-state index contributed by atoms with van der Waals surface area (Å²) >= 11 is 0.745. The molecule has 7 heteroatoms. The van der Waals surface area contributed by atoms with Gasteiger partial charge in [0.2, 0.25) is 0 Å². The highest BCUT2D eigenvalue weighted by molar-refractivity contribution is 7.03. The van der Waals surface area contributed by atoms with Crippen LogP contribution in [0.15, 0.2) is 23.0 Å². The molecule has 1 N–H and O–H groups in total. The summed E-state index contributed by atoms with van der Waals surface area (Å²) in [5.41, 5.74) is 0.238. The van der Waals surface area contributed by atoms with Crippen LogP contribution < -0.4 is 4.87 Å². The minimum atomic E-state index is -0.749. The molecule has 0 aliphatic heterocycles. The Balaban J connectivity index is 2.44. The van der Waals surface area contributed by atoms with E-state index in [0.29, 0.717) is 5.56 Å². The maximum Gasteiger partial charge on any atom is 0.340 e. The average molecular weight is 254 g/mol. The highest BCUT2D eigenvalue weighted by Crippen LogP contribution is 2.18. The van der Waals surface area contributed by atoms with Crippen molar-refractivity contribution in [2.24, 2.45) is 0 Å². The molecule has 0 spiro atoms. The number of aromatic amines is 1. The van der Waals surface area contributed by atoms with Crippen LogP contribution in [0.4, 0.5) is 4.39 Å². The quantitative estimate of drug-likeness (QED) is 0.823. The number of nitrogens with one attached hydrogen (secondary N) is 1. The van der Waals surface area contributed by atoms with E-state index < -0.39 is 11.8 Å². The predicted molar refractivity (Wildman–Crippen MR) is 59.5 cm³/mol. The van der Waals surface area contributed by atoms with Crippen LogP contribution in [-0.4, -0.2) is 22.4 Å². The van der Waals surface area contributed by atoms with Gasteiger partial charge in [-0.1, -0.05) is 6.07 Å². The molecule has 0 bridgehead atoms. The zero-order valence-corrected chi connectivity index (χ0v) is 9.51. The number of ether oxygens (including phenoxy) is 1. The second-order valence-corrected chi connectivity index (χ2v) is 3.87. The van der Waals surface area contributed by atoms with E-state index in [4.69, 9.17) is 0 Å². The van der Waals surface area contributed by atoms with Crippen molar-refractivity contribution in [1.29, 1.82) is 0 Å². The van der Waals surface area contributed by atoms with E-state index in [9.17, 15) is 14.0 Å². The fourth-order valence-electron chi connectivity index (χ4n) is 1.29. The fraction of sp³-hybridized carbons (Fsp3) is 0.100. The number of aromatic nitrogens is 2. The minimum absolute atomic E-state index is 0.158. The van der Waals surface area contributed by atoms with Crippen molar-refractivity contribution in [2.45, 2.75) is 0 Å². The summed E-state index contributed by atoms with van der Waals surface area (Å²) < 4.78 is 21.8. The summed E-state index contributed by atoms with van der Waals surface area (Å²) in [5.74, 6) is -1.20. The highest BCUT2D eigenvalue weighted by Gasteiger charge is 2.13. The molecule has 0 unspecified atom stereocenters. The van der Waals surface area contributed by atoms with Crippen LogP contribution in [0.2, 0.25) is 0 Å². The normalized spacial score (nSPS) is 10.2. The molecule has 0 aliphatic rings. The topological polar surface area (TPSA) is 72.0 Å². The third-order valence-corrected chi connectivity index (χ3v) is 2.63. The van der Waals surface area contributed by atoms with Gasteiger partial charge in [-0.2, -0.15) is 4.37 Å². The number of halogens is 1. The third-order valence-electron chi connectivity index (χ3n) is 2.09. The number of methoxy groups -OCH3 is 1. The Labute approximate surface area is 99.0 Å². The summed E-state index contributed by atoms with van der Waals surface area (Å²) in [7, 11) is 1.17. The van der Waals surface area contributed by atoms with Crippen LogP contribution in [0.3, 0.4) is 0 Å². The monoisotopic (exact) mass is 254 g/mol. The summed E-state index contributed by atoms with van der Waals surface area (Å²) in [4.78, 5) is 24.2. The molecule has 88 valence electrons. The van der Waals surface area contributed by atoms with Crippen molar-refractivity contribution in [1.82, 2.24) is 9.36 Å². The summed E-state index contributed by atoms with van der Waals surface area (Å²) in [6.45, 7) is 0. The van der Waals surface area contributed by atoms with Crippen LogP contribution >= 0.6 is 11.5 Å². The summed E-state index contributed by atoms with van der Waals surface area (Å²) in [5, 5.41) is 0. The minimum Gasteiger partial charge on any atom is -0.465 e. The molecule has 0 aliphatic carbocycles. The lowest BCUT2D eigenvalue weighted by Gasteiger charge is -2.02. The Kier molecular flexibility index (Phi) is 3.01. The van der Waals surface area contributed by atoms with E-state index in [-0.39, 0.29) is 16.3 Å². The number of H-pyrrole nitrogens is 1. The third kappa shape index (κ3) is 2.23. The van der Waals surface area contributed by atoms with Crippen LogP contribution in [0, 0.1) is 5.82 Å². The van der Waals surface area contributed by atoms with E-state index in [1.54, 1.807) is 0 Å². The highest BCUT2D eigenvalue weighted by atomic mass is 32.1. The first-order valence-corrected chi connectivity index (χ1v) is 5.33. The van der Waals surface area contributed by atoms with Gasteiger partial charge >= 0.3 is 10.8 Å². The van der Waals surface area contributed by atoms with Gasteiger partial charge in [0.05, 0.1) is 12.7 Å².